The van der Waals surface area contributed by atoms with Crippen LogP contribution in [0.5, 0.6) is 0 Å². The van der Waals surface area contributed by atoms with Crippen LogP contribution in [0.1, 0.15) is 40.5 Å². The molecule has 28 heavy (non-hydrogen) atoms. The minimum absolute atomic E-state index is 0.106. The predicted octanol–water partition coefficient (Wildman–Crippen LogP) is 0.291. The molecular formula is C18H26O10. The number of carbonyl (C=O) groups is 4. The first-order valence-electron chi connectivity index (χ1n) is 9.07. The predicted molar refractivity (Wildman–Crippen MR) is 90.9 cm³/mol. The number of esters is 4. The molecule has 2 fully saturated rings. The van der Waals surface area contributed by atoms with Gasteiger partial charge in [-0.3, -0.25) is 19.2 Å². The highest BCUT2D eigenvalue weighted by molar-refractivity contribution is 5.67. The van der Waals surface area contributed by atoms with Gasteiger partial charge in [0.2, 0.25) is 0 Å². The molecule has 2 heterocycles. The van der Waals surface area contributed by atoms with Gasteiger partial charge < -0.3 is 28.4 Å². The Kier molecular flexibility index (Phi) is 7.76. The van der Waals surface area contributed by atoms with Crippen molar-refractivity contribution in [3.05, 3.63) is 0 Å². The monoisotopic (exact) mass is 402 g/mol. The fourth-order valence-electron chi connectivity index (χ4n) is 3.35. The fraction of sp³-hybridized carbons (Fsp3) is 0.778. The summed E-state index contributed by atoms with van der Waals surface area (Å²) >= 11 is 0. The average molecular weight is 402 g/mol. The van der Waals surface area contributed by atoms with E-state index in [0.717, 1.165) is 0 Å². The van der Waals surface area contributed by atoms with Crippen molar-refractivity contribution in [2.24, 2.45) is 0 Å². The van der Waals surface area contributed by atoms with E-state index in [-0.39, 0.29) is 25.4 Å². The van der Waals surface area contributed by atoms with Gasteiger partial charge in [0.1, 0.15) is 25.4 Å². The second-order valence-electron chi connectivity index (χ2n) is 6.80. The summed E-state index contributed by atoms with van der Waals surface area (Å²) in [6.45, 7) is 4.85. The maximum atomic E-state index is 11.3. The van der Waals surface area contributed by atoms with Gasteiger partial charge >= 0.3 is 23.9 Å². The lowest BCUT2D eigenvalue weighted by atomic mass is 10.1. The van der Waals surface area contributed by atoms with Crippen LogP contribution in [0.15, 0.2) is 0 Å². The average Bonchev–Trinajstić information content (AvgIpc) is 3.13. The summed E-state index contributed by atoms with van der Waals surface area (Å²) in [5.41, 5.74) is 0. The van der Waals surface area contributed by atoms with E-state index in [1.54, 1.807) is 0 Å². The Hall–Kier alpha value is -2.20. The third kappa shape index (κ3) is 6.45. The minimum atomic E-state index is -0.737. The first-order valence-corrected chi connectivity index (χ1v) is 9.07. The molecule has 2 aliphatic rings. The Morgan fingerprint density at radius 1 is 0.714 bits per heavy atom. The summed E-state index contributed by atoms with van der Waals surface area (Å²) in [4.78, 5) is 44.8. The summed E-state index contributed by atoms with van der Waals surface area (Å²) in [7, 11) is 0. The lowest BCUT2D eigenvalue weighted by molar-refractivity contribution is -0.168. The third-order valence-corrected chi connectivity index (χ3v) is 4.41. The van der Waals surface area contributed by atoms with Crippen molar-refractivity contribution >= 4 is 23.9 Å². The normalized spacial score (nSPS) is 28.0. The van der Waals surface area contributed by atoms with E-state index >= 15 is 0 Å². The molecular weight excluding hydrogens is 376 g/mol. The van der Waals surface area contributed by atoms with Crippen molar-refractivity contribution in [2.45, 2.75) is 77.2 Å². The minimum Gasteiger partial charge on any atom is -0.462 e. The van der Waals surface area contributed by atoms with Crippen molar-refractivity contribution in [1.82, 2.24) is 0 Å². The SMILES string of the molecule is CC(=O)OC[C@H](OC(C)=O)[C@H]1C[C@@H]2O[C@H]([C@@H](COC(C)=O)OC(C)=O)C[C@@H]2O1. The first kappa shape index (κ1) is 22.1. The summed E-state index contributed by atoms with van der Waals surface area (Å²) in [5, 5.41) is 0. The van der Waals surface area contributed by atoms with E-state index in [1.807, 2.05) is 0 Å². The summed E-state index contributed by atoms with van der Waals surface area (Å²) in [6.07, 6.45) is -2.22. The maximum absolute atomic E-state index is 11.3. The number of carbonyl (C=O) groups excluding carboxylic acids is 4. The summed E-state index contributed by atoms with van der Waals surface area (Å²) < 4.78 is 32.2. The van der Waals surface area contributed by atoms with Crippen LogP contribution in [-0.2, 0) is 47.6 Å². The zero-order chi connectivity index (χ0) is 20.8. The van der Waals surface area contributed by atoms with E-state index in [9.17, 15) is 19.2 Å². The zero-order valence-electron chi connectivity index (χ0n) is 16.4. The highest BCUT2D eigenvalue weighted by Gasteiger charge is 2.49. The van der Waals surface area contributed by atoms with Crippen molar-refractivity contribution in [3.63, 3.8) is 0 Å². The Labute approximate surface area is 162 Å². The second-order valence-corrected chi connectivity index (χ2v) is 6.80. The number of fused-ring (bicyclic) bond motifs is 1. The molecule has 0 saturated carbocycles. The number of rotatable bonds is 8. The first-order chi connectivity index (χ1) is 13.2. The van der Waals surface area contributed by atoms with Crippen molar-refractivity contribution in [2.75, 3.05) is 13.2 Å². The molecule has 2 rings (SSSR count). The van der Waals surface area contributed by atoms with Crippen LogP contribution in [0.3, 0.4) is 0 Å². The summed E-state index contributed by atoms with van der Waals surface area (Å²) in [5.74, 6) is -1.98. The molecule has 10 heteroatoms. The van der Waals surface area contributed by atoms with Gasteiger partial charge in [0.05, 0.1) is 12.2 Å². The molecule has 0 aromatic heterocycles. The number of hydrogen-bond acceptors (Lipinski definition) is 10. The highest BCUT2D eigenvalue weighted by atomic mass is 16.6. The molecule has 0 spiro atoms. The van der Waals surface area contributed by atoms with E-state index in [1.165, 1.54) is 27.7 Å². The van der Waals surface area contributed by atoms with Crippen LogP contribution in [0, 0.1) is 0 Å². The molecule has 0 N–H and O–H groups in total. The molecule has 0 aromatic rings. The maximum Gasteiger partial charge on any atom is 0.303 e. The van der Waals surface area contributed by atoms with Gasteiger partial charge in [0.25, 0.3) is 0 Å². The Morgan fingerprint density at radius 2 is 1.07 bits per heavy atom. The van der Waals surface area contributed by atoms with Crippen LogP contribution in [-0.4, -0.2) is 73.7 Å². The van der Waals surface area contributed by atoms with E-state index in [0.29, 0.717) is 12.8 Å². The van der Waals surface area contributed by atoms with E-state index < -0.39 is 48.3 Å². The topological polar surface area (TPSA) is 124 Å². The molecule has 6 atom stereocenters. The molecule has 0 aromatic carbocycles. The van der Waals surface area contributed by atoms with Gasteiger partial charge in [-0.2, -0.15) is 0 Å². The van der Waals surface area contributed by atoms with Gasteiger partial charge in [-0.25, -0.2) is 0 Å². The molecule has 0 aliphatic carbocycles. The Morgan fingerprint density at radius 3 is 1.36 bits per heavy atom. The van der Waals surface area contributed by atoms with Gasteiger partial charge in [-0.1, -0.05) is 0 Å². The van der Waals surface area contributed by atoms with E-state index in [4.69, 9.17) is 28.4 Å². The molecule has 2 saturated heterocycles. The van der Waals surface area contributed by atoms with Gasteiger partial charge in [-0.15, -0.1) is 0 Å². The molecule has 158 valence electrons. The van der Waals surface area contributed by atoms with Crippen molar-refractivity contribution < 1.29 is 47.6 Å². The fourth-order valence-corrected chi connectivity index (χ4v) is 3.35. The quantitative estimate of drug-likeness (QED) is 0.413. The van der Waals surface area contributed by atoms with Crippen molar-refractivity contribution in [1.29, 1.82) is 0 Å². The molecule has 0 unspecified atom stereocenters. The van der Waals surface area contributed by atoms with Crippen LogP contribution in [0.25, 0.3) is 0 Å². The molecule has 2 aliphatic heterocycles. The van der Waals surface area contributed by atoms with Crippen LogP contribution < -0.4 is 0 Å². The standard InChI is InChI=1S/C18H26O10/c1-9(19)23-7-17(25-11(3)21)15-5-13-14(27-15)6-16(28-13)18(26-12(4)22)8-24-10(2)20/h13-18H,5-8H2,1-4H3/t13-,14-,15-,16+,17+,18-/m0/s1. The molecule has 0 radical (unpaired) electrons. The summed E-state index contributed by atoms with van der Waals surface area (Å²) in [6, 6.07) is 0. The lowest BCUT2D eigenvalue weighted by Gasteiger charge is -2.26. The van der Waals surface area contributed by atoms with Crippen LogP contribution in [0.2, 0.25) is 0 Å². The van der Waals surface area contributed by atoms with E-state index in [2.05, 4.69) is 0 Å². The Balaban J connectivity index is 1.95. The van der Waals surface area contributed by atoms with Gasteiger partial charge in [-0.05, 0) is 0 Å². The Bertz CT molecular complexity index is 539. The van der Waals surface area contributed by atoms with Gasteiger partial charge in [0.15, 0.2) is 12.2 Å². The molecule has 0 amide bonds. The largest absolute Gasteiger partial charge is 0.462 e. The zero-order valence-corrected chi connectivity index (χ0v) is 16.4. The smallest absolute Gasteiger partial charge is 0.303 e. The number of ether oxygens (including phenoxy) is 6. The lowest BCUT2D eigenvalue weighted by Crippen LogP contribution is -2.39. The highest BCUT2D eigenvalue weighted by Crippen LogP contribution is 2.37. The second kappa shape index (κ2) is 9.83. The van der Waals surface area contributed by atoms with Crippen LogP contribution >= 0.6 is 0 Å². The van der Waals surface area contributed by atoms with Crippen LogP contribution in [0.4, 0.5) is 0 Å². The van der Waals surface area contributed by atoms with Gasteiger partial charge in [0, 0.05) is 40.5 Å². The number of hydrogen-bond donors (Lipinski definition) is 0. The molecule has 10 nitrogen and oxygen atoms in total. The molecule has 0 bridgehead atoms. The third-order valence-electron chi connectivity index (χ3n) is 4.41. The van der Waals surface area contributed by atoms with Crippen molar-refractivity contribution in [3.8, 4) is 0 Å².